The molecule has 0 spiro atoms. The molecule has 0 saturated heterocycles. The van der Waals surface area contributed by atoms with Crippen molar-refractivity contribution < 1.29 is 37.1 Å². The van der Waals surface area contributed by atoms with E-state index >= 15 is 0 Å². The standard InChI is InChI=1S/C20H22F3N5O5S2/c1-9-13(31-2)4-12(29)10(16(9)18(30)32-3)6-34-7-11(17-27-15(5-24)28-33-17)25-19-26-14(8-35-19)20(21,22)23/h4,8,11,29H,5-7,24H2,1-3H3,(H,25,26)/t11-/m0/s1. The smallest absolute Gasteiger partial charge is 0.434 e. The Morgan fingerprint density at radius 3 is 2.69 bits per heavy atom. The summed E-state index contributed by atoms with van der Waals surface area (Å²) < 4.78 is 54.1. The quantitative estimate of drug-likeness (QED) is 0.326. The van der Waals surface area contributed by atoms with Crippen LogP contribution in [0.5, 0.6) is 11.5 Å². The van der Waals surface area contributed by atoms with Crippen molar-refractivity contribution in [3.05, 3.63) is 45.5 Å². The first kappa shape index (κ1) is 26.6. The molecule has 2 heterocycles. The zero-order valence-electron chi connectivity index (χ0n) is 18.8. The number of hydrogen-bond donors (Lipinski definition) is 3. The fraction of sp³-hybridized carbons (Fsp3) is 0.400. The van der Waals surface area contributed by atoms with Crippen LogP contribution in [0.4, 0.5) is 18.3 Å². The molecule has 0 radical (unpaired) electrons. The number of thiazole rings is 1. The number of thioether (sulfide) groups is 1. The molecule has 35 heavy (non-hydrogen) atoms. The van der Waals surface area contributed by atoms with Crippen molar-refractivity contribution in [3.8, 4) is 11.5 Å². The summed E-state index contributed by atoms with van der Waals surface area (Å²) in [6.45, 7) is 1.68. The van der Waals surface area contributed by atoms with Crippen molar-refractivity contribution in [1.29, 1.82) is 0 Å². The van der Waals surface area contributed by atoms with Gasteiger partial charge in [0.1, 0.15) is 17.5 Å². The number of phenols is 1. The van der Waals surface area contributed by atoms with Gasteiger partial charge < -0.3 is 30.2 Å². The maximum atomic E-state index is 12.9. The van der Waals surface area contributed by atoms with Gasteiger partial charge >= 0.3 is 12.1 Å². The molecule has 4 N–H and O–H groups in total. The van der Waals surface area contributed by atoms with E-state index in [4.69, 9.17) is 19.7 Å². The van der Waals surface area contributed by atoms with Crippen molar-refractivity contribution in [1.82, 2.24) is 15.1 Å². The highest BCUT2D eigenvalue weighted by atomic mass is 32.2. The van der Waals surface area contributed by atoms with Crippen molar-refractivity contribution in [2.45, 2.75) is 31.4 Å². The maximum Gasteiger partial charge on any atom is 0.434 e. The van der Waals surface area contributed by atoms with E-state index in [0.29, 0.717) is 16.9 Å². The average molecular weight is 534 g/mol. The Balaban J connectivity index is 1.84. The fourth-order valence-corrected chi connectivity index (χ4v) is 4.95. The van der Waals surface area contributed by atoms with Gasteiger partial charge in [0.2, 0.25) is 5.89 Å². The number of nitrogens with zero attached hydrogens (tertiary/aromatic N) is 3. The molecule has 0 aliphatic rings. The van der Waals surface area contributed by atoms with Crippen LogP contribution in [0.1, 0.15) is 44.9 Å². The van der Waals surface area contributed by atoms with Crippen LogP contribution in [-0.4, -0.2) is 46.2 Å². The molecule has 2 aromatic heterocycles. The van der Waals surface area contributed by atoms with Gasteiger partial charge in [0, 0.05) is 34.1 Å². The zero-order chi connectivity index (χ0) is 25.8. The summed E-state index contributed by atoms with van der Waals surface area (Å²) in [4.78, 5) is 20.1. The SMILES string of the molecule is COC(=O)c1c(C)c(OC)cc(O)c1CSC[C@H](Nc1nc(C(F)(F)F)cs1)c1nc(CN)no1. The van der Waals surface area contributed by atoms with E-state index in [2.05, 4.69) is 20.4 Å². The summed E-state index contributed by atoms with van der Waals surface area (Å²) in [6, 6.07) is 0.663. The number of anilines is 1. The van der Waals surface area contributed by atoms with Crippen LogP contribution >= 0.6 is 23.1 Å². The number of ether oxygens (including phenoxy) is 2. The molecule has 1 atom stereocenters. The van der Waals surface area contributed by atoms with E-state index in [1.807, 2.05) is 0 Å². The van der Waals surface area contributed by atoms with Crippen LogP contribution in [0.2, 0.25) is 0 Å². The lowest BCUT2D eigenvalue weighted by molar-refractivity contribution is -0.140. The topological polar surface area (TPSA) is 146 Å². The Hall–Kier alpha value is -3.04. The van der Waals surface area contributed by atoms with Gasteiger partial charge in [-0.15, -0.1) is 11.3 Å². The number of nitrogens with two attached hydrogens (primary N) is 1. The van der Waals surface area contributed by atoms with Crippen molar-refractivity contribution in [2.75, 3.05) is 25.3 Å². The average Bonchev–Trinajstić information content (AvgIpc) is 3.49. The zero-order valence-corrected chi connectivity index (χ0v) is 20.4. The number of rotatable bonds is 10. The molecule has 0 unspecified atom stereocenters. The molecule has 10 nitrogen and oxygen atoms in total. The van der Waals surface area contributed by atoms with Gasteiger partial charge in [-0.05, 0) is 6.92 Å². The van der Waals surface area contributed by atoms with E-state index in [1.165, 1.54) is 32.0 Å². The number of carbonyl (C=O) groups excluding carboxylic acids is 1. The summed E-state index contributed by atoms with van der Waals surface area (Å²) >= 11 is 2.04. The van der Waals surface area contributed by atoms with E-state index < -0.39 is 23.9 Å². The van der Waals surface area contributed by atoms with E-state index in [9.17, 15) is 23.1 Å². The van der Waals surface area contributed by atoms with Gasteiger partial charge in [0.25, 0.3) is 0 Å². The van der Waals surface area contributed by atoms with Gasteiger partial charge in [0.05, 0.1) is 26.3 Å². The number of halogens is 3. The Labute approximate surface area is 206 Å². The lowest BCUT2D eigenvalue weighted by Crippen LogP contribution is -2.15. The van der Waals surface area contributed by atoms with Crippen LogP contribution in [-0.2, 0) is 23.2 Å². The third-order valence-electron chi connectivity index (χ3n) is 4.82. The number of methoxy groups -OCH3 is 2. The Morgan fingerprint density at radius 2 is 2.11 bits per heavy atom. The van der Waals surface area contributed by atoms with E-state index in [-0.39, 0.29) is 46.2 Å². The minimum atomic E-state index is -4.58. The second-order valence-corrected chi connectivity index (χ2v) is 8.96. The van der Waals surface area contributed by atoms with Crippen molar-refractivity contribution in [2.24, 2.45) is 5.73 Å². The second kappa shape index (κ2) is 11.1. The molecule has 0 saturated carbocycles. The molecule has 0 bridgehead atoms. The first-order valence-corrected chi connectivity index (χ1v) is 12.0. The molecule has 3 aromatic rings. The lowest BCUT2D eigenvalue weighted by Gasteiger charge is -2.17. The van der Waals surface area contributed by atoms with E-state index in [0.717, 1.165) is 16.7 Å². The predicted molar refractivity (Wildman–Crippen MR) is 123 cm³/mol. The monoisotopic (exact) mass is 533 g/mol. The molecule has 0 amide bonds. The number of phenolic OH excluding ortho intramolecular Hbond substituents is 1. The number of aromatic hydroxyl groups is 1. The number of esters is 1. The lowest BCUT2D eigenvalue weighted by atomic mass is 10.0. The second-order valence-electron chi connectivity index (χ2n) is 7.07. The van der Waals surface area contributed by atoms with E-state index in [1.54, 1.807) is 6.92 Å². The number of aromatic nitrogens is 3. The summed E-state index contributed by atoms with van der Waals surface area (Å²) in [5.41, 5.74) is 5.49. The predicted octanol–water partition coefficient (Wildman–Crippen LogP) is 3.90. The highest BCUT2D eigenvalue weighted by Gasteiger charge is 2.34. The highest BCUT2D eigenvalue weighted by Crippen LogP contribution is 2.37. The Morgan fingerprint density at radius 1 is 1.37 bits per heavy atom. The minimum absolute atomic E-state index is 0.00816. The largest absolute Gasteiger partial charge is 0.507 e. The molecular weight excluding hydrogens is 511 g/mol. The number of nitrogens with one attached hydrogen (secondary N) is 1. The molecule has 0 fully saturated rings. The molecule has 0 aliphatic heterocycles. The first-order valence-electron chi connectivity index (χ1n) is 9.96. The van der Waals surface area contributed by atoms with Gasteiger partial charge in [-0.2, -0.15) is 29.9 Å². The third kappa shape index (κ3) is 6.15. The molecule has 3 rings (SSSR count). The van der Waals surface area contributed by atoms with Gasteiger partial charge in [-0.25, -0.2) is 9.78 Å². The number of carbonyl (C=O) groups is 1. The summed E-state index contributed by atoms with van der Waals surface area (Å²) in [7, 11) is 2.64. The van der Waals surface area contributed by atoms with Crippen LogP contribution < -0.4 is 15.8 Å². The summed E-state index contributed by atoms with van der Waals surface area (Å²) in [6.07, 6.45) is -4.58. The fourth-order valence-electron chi connectivity index (χ4n) is 3.10. The minimum Gasteiger partial charge on any atom is -0.507 e. The normalized spacial score (nSPS) is 12.4. The van der Waals surface area contributed by atoms with Gasteiger partial charge in [0.15, 0.2) is 16.6 Å². The molecule has 1 aromatic carbocycles. The number of benzene rings is 1. The number of alkyl halides is 3. The van der Waals surface area contributed by atoms with Crippen molar-refractivity contribution in [3.63, 3.8) is 0 Å². The first-order chi connectivity index (χ1) is 16.6. The van der Waals surface area contributed by atoms with Crippen LogP contribution in [0.25, 0.3) is 0 Å². The molecule has 0 aliphatic carbocycles. The maximum absolute atomic E-state index is 12.9. The molecule has 15 heteroatoms. The third-order valence-corrected chi connectivity index (χ3v) is 6.66. The number of hydrogen-bond acceptors (Lipinski definition) is 12. The van der Waals surface area contributed by atoms with Crippen LogP contribution in [0, 0.1) is 6.92 Å². The van der Waals surface area contributed by atoms with Crippen LogP contribution in [0.3, 0.4) is 0 Å². The highest BCUT2D eigenvalue weighted by molar-refractivity contribution is 7.98. The summed E-state index contributed by atoms with van der Waals surface area (Å²) in [5.74, 6) is 0.201. The Bertz CT molecular complexity index is 1180. The molecule has 190 valence electrons. The van der Waals surface area contributed by atoms with Gasteiger partial charge in [-0.3, -0.25) is 0 Å². The van der Waals surface area contributed by atoms with Gasteiger partial charge in [-0.1, -0.05) is 5.16 Å². The molecular formula is C20H22F3N5O5S2. The van der Waals surface area contributed by atoms with Crippen LogP contribution in [0.15, 0.2) is 16.0 Å². The summed E-state index contributed by atoms with van der Waals surface area (Å²) in [5, 5.41) is 18.0. The van der Waals surface area contributed by atoms with Crippen molar-refractivity contribution >= 4 is 34.2 Å². The Kier molecular flexibility index (Phi) is 8.45.